The molecule has 0 bridgehead atoms. The topological polar surface area (TPSA) is 98.7 Å². The van der Waals surface area contributed by atoms with Crippen molar-refractivity contribution in [3.63, 3.8) is 0 Å². The molecule has 4 rings (SSSR count). The second-order valence-electron chi connectivity index (χ2n) is 10.2. The second-order valence-corrected chi connectivity index (χ2v) is 10.2. The third-order valence-electron chi connectivity index (χ3n) is 7.91. The van der Waals surface area contributed by atoms with Crippen LogP contribution in [0.1, 0.15) is 30.0 Å². The van der Waals surface area contributed by atoms with E-state index >= 15 is 0 Å². The molecular weight excluding hydrogens is 466 g/mol. The van der Waals surface area contributed by atoms with Crippen molar-refractivity contribution < 1.29 is 19.5 Å². The van der Waals surface area contributed by atoms with Gasteiger partial charge >= 0.3 is 0 Å². The first-order valence-electron chi connectivity index (χ1n) is 13.1. The number of fused-ring (bicyclic) bond motifs is 1. The van der Waals surface area contributed by atoms with Crippen molar-refractivity contribution in [1.29, 1.82) is 0 Å². The van der Waals surface area contributed by atoms with Crippen LogP contribution in [0.5, 0.6) is 0 Å². The van der Waals surface area contributed by atoms with Crippen LogP contribution in [0.15, 0.2) is 60.7 Å². The van der Waals surface area contributed by atoms with E-state index in [1.807, 2.05) is 81.5 Å². The number of carbonyl (C=O) groups excluding carboxylic acids is 3. The predicted molar refractivity (Wildman–Crippen MR) is 144 cm³/mol. The van der Waals surface area contributed by atoms with Gasteiger partial charge in [-0.3, -0.25) is 14.4 Å². The smallest absolute Gasteiger partial charge is 0.247 e. The molecule has 0 aromatic heterocycles. The van der Waals surface area contributed by atoms with E-state index in [9.17, 15) is 19.5 Å². The molecule has 0 radical (unpaired) electrons. The van der Waals surface area contributed by atoms with Crippen molar-refractivity contribution in [2.45, 2.75) is 45.7 Å². The number of aliphatic hydroxyl groups excluding tert-OH is 1. The highest BCUT2D eigenvalue weighted by Gasteiger charge is 2.58. The standard InChI is InChI=1S/C30H37N3O4/c1-5-21-13-14-23-26(25(21)28(35)31-4)30(37)33(22(17-34)16-20-9-7-6-8-10-20)27(23)29(36)32-24-15-18(2)11-12-19(24)3/h6-15,21-23,25-27,34H,5,16-17H2,1-4H3,(H,31,35)(H,32,36)/t21-,22-,23+,25-,26-,27+/m1/s1. The van der Waals surface area contributed by atoms with Crippen LogP contribution in [0.4, 0.5) is 5.69 Å². The van der Waals surface area contributed by atoms with E-state index in [1.165, 1.54) is 0 Å². The Hall–Kier alpha value is -3.45. The monoisotopic (exact) mass is 503 g/mol. The van der Waals surface area contributed by atoms with Crippen LogP contribution >= 0.6 is 0 Å². The van der Waals surface area contributed by atoms with Crippen molar-refractivity contribution in [3.05, 3.63) is 77.4 Å². The molecule has 196 valence electrons. The highest BCUT2D eigenvalue weighted by molar-refractivity contribution is 6.02. The molecule has 37 heavy (non-hydrogen) atoms. The van der Waals surface area contributed by atoms with Gasteiger partial charge in [0.2, 0.25) is 17.7 Å². The zero-order valence-corrected chi connectivity index (χ0v) is 22.0. The van der Waals surface area contributed by atoms with E-state index in [-0.39, 0.29) is 30.2 Å². The fraction of sp³-hybridized carbons (Fsp3) is 0.433. The number of hydrogen-bond donors (Lipinski definition) is 3. The molecule has 7 nitrogen and oxygen atoms in total. The van der Waals surface area contributed by atoms with Crippen LogP contribution in [-0.4, -0.2) is 53.5 Å². The number of amides is 3. The van der Waals surface area contributed by atoms with Gasteiger partial charge in [-0.15, -0.1) is 0 Å². The number of hydrogen-bond acceptors (Lipinski definition) is 4. The van der Waals surface area contributed by atoms with Crippen LogP contribution in [0.25, 0.3) is 0 Å². The molecule has 2 aromatic rings. The minimum atomic E-state index is -0.848. The largest absolute Gasteiger partial charge is 0.394 e. The van der Waals surface area contributed by atoms with Crippen molar-refractivity contribution in [2.75, 3.05) is 19.0 Å². The maximum Gasteiger partial charge on any atom is 0.247 e. The zero-order valence-electron chi connectivity index (χ0n) is 22.0. The van der Waals surface area contributed by atoms with E-state index in [4.69, 9.17) is 0 Å². The van der Waals surface area contributed by atoms with Crippen molar-refractivity contribution in [1.82, 2.24) is 10.2 Å². The number of nitrogens with zero attached hydrogens (tertiary/aromatic N) is 1. The highest BCUT2D eigenvalue weighted by Crippen LogP contribution is 2.46. The minimum absolute atomic E-state index is 0.102. The van der Waals surface area contributed by atoms with Crippen LogP contribution in [0.2, 0.25) is 0 Å². The Morgan fingerprint density at radius 1 is 1.05 bits per heavy atom. The third-order valence-corrected chi connectivity index (χ3v) is 7.91. The summed E-state index contributed by atoms with van der Waals surface area (Å²) in [5.74, 6) is -2.58. The summed E-state index contributed by atoms with van der Waals surface area (Å²) in [4.78, 5) is 42.7. The molecule has 1 aliphatic heterocycles. The second kappa shape index (κ2) is 11.3. The van der Waals surface area contributed by atoms with Crippen molar-refractivity contribution >= 4 is 23.4 Å². The first-order valence-corrected chi connectivity index (χ1v) is 13.1. The maximum atomic E-state index is 14.1. The number of likely N-dealkylation sites (tertiary alicyclic amines) is 1. The number of aryl methyl sites for hydroxylation is 2. The van der Waals surface area contributed by atoms with E-state index in [2.05, 4.69) is 10.6 Å². The number of allylic oxidation sites excluding steroid dienone is 1. The number of nitrogens with one attached hydrogen (secondary N) is 2. The summed E-state index contributed by atoms with van der Waals surface area (Å²) in [7, 11) is 1.58. The molecule has 7 heteroatoms. The Bertz CT molecular complexity index is 1180. The van der Waals surface area contributed by atoms with Gasteiger partial charge in [-0.1, -0.05) is 61.5 Å². The Kier molecular flexibility index (Phi) is 8.13. The molecule has 1 saturated heterocycles. The summed E-state index contributed by atoms with van der Waals surface area (Å²) < 4.78 is 0. The SMILES string of the molecule is CC[C@@H]1C=C[C@H]2[C@@H](C(=O)N([C@@H](CO)Cc3ccccc3)[C@@H]2C(=O)Nc2cc(C)ccc2C)[C@@H]1C(=O)NC. The Morgan fingerprint density at radius 3 is 2.43 bits per heavy atom. The molecule has 0 unspecified atom stereocenters. The van der Waals surface area contributed by atoms with Gasteiger partial charge in [0, 0.05) is 18.7 Å². The van der Waals surface area contributed by atoms with Crippen LogP contribution in [-0.2, 0) is 20.8 Å². The zero-order chi connectivity index (χ0) is 26.7. The minimum Gasteiger partial charge on any atom is -0.394 e. The van der Waals surface area contributed by atoms with Crippen molar-refractivity contribution in [3.8, 4) is 0 Å². The first-order chi connectivity index (χ1) is 17.8. The molecule has 1 heterocycles. The summed E-state index contributed by atoms with van der Waals surface area (Å²) in [5.41, 5.74) is 3.59. The number of aliphatic hydroxyl groups is 1. The average Bonchev–Trinajstić information content (AvgIpc) is 3.21. The molecule has 1 fully saturated rings. The molecular formula is C30H37N3O4. The van der Waals surface area contributed by atoms with E-state index in [0.717, 1.165) is 16.7 Å². The van der Waals surface area contributed by atoms with Crippen molar-refractivity contribution in [2.24, 2.45) is 23.7 Å². The Labute approximate surface area is 218 Å². The van der Waals surface area contributed by atoms with Gasteiger partial charge in [0.15, 0.2) is 0 Å². The van der Waals surface area contributed by atoms with Gasteiger partial charge in [-0.05, 0) is 55.4 Å². The van der Waals surface area contributed by atoms with E-state index in [1.54, 1.807) is 11.9 Å². The highest BCUT2D eigenvalue weighted by atomic mass is 16.3. The summed E-state index contributed by atoms with van der Waals surface area (Å²) in [6.45, 7) is 5.59. The first kappa shape index (κ1) is 26.6. The molecule has 2 aromatic carbocycles. The lowest BCUT2D eigenvalue weighted by atomic mass is 9.69. The molecule has 1 aliphatic carbocycles. The third kappa shape index (κ3) is 5.18. The number of anilines is 1. The normalized spacial score (nSPS) is 25.5. The van der Waals surface area contributed by atoms with Crippen LogP contribution < -0.4 is 10.6 Å². The maximum absolute atomic E-state index is 14.1. The summed E-state index contributed by atoms with van der Waals surface area (Å²) in [5, 5.41) is 16.3. The molecule has 2 aliphatic rings. The Balaban J connectivity index is 1.76. The van der Waals surface area contributed by atoms with Crippen LogP contribution in [0, 0.1) is 37.5 Å². The fourth-order valence-electron chi connectivity index (χ4n) is 5.97. The quantitative estimate of drug-likeness (QED) is 0.482. The van der Waals surface area contributed by atoms with Gasteiger partial charge in [0.1, 0.15) is 6.04 Å². The number of benzene rings is 2. The summed E-state index contributed by atoms with van der Waals surface area (Å²) >= 11 is 0. The molecule has 0 saturated carbocycles. The molecule has 0 spiro atoms. The summed E-state index contributed by atoms with van der Waals surface area (Å²) in [6.07, 6.45) is 5.04. The van der Waals surface area contributed by atoms with Gasteiger partial charge < -0.3 is 20.6 Å². The average molecular weight is 504 g/mol. The van der Waals surface area contributed by atoms with Gasteiger partial charge in [0.25, 0.3) is 0 Å². The number of carbonyl (C=O) groups is 3. The predicted octanol–water partition coefficient (Wildman–Crippen LogP) is 3.25. The van der Waals surface area contributed by atoms with Crippen LogP contribution in [0.3, 0.4) is 0 Å². The fourth-order valence-corrected chi connectivity index (χ4v) is 5.97. The van der Waals surface area contributed by atoms with E-state index in [0.29, 0.717) is 18.5 Å². The lowest BCUT2D eigenvalue weighted by Crippen LogP contribution is -2.51. The lowest BCUT2D eigenvalue weighted by Gasteiger charge is -2.34. The van der Waals surface area contributed by atoms with Gasteiger partial charge in [-0.2, -0.15) is 0 Å². The van der Waals surface area contributed by atoms with Gasteiger partial charge in [0.05, 0.1) is 24.5 Å². The lowest BCUT2D eigenvalue weighted by molar-refractivity contribution is -0.142. The summed E-state index contributed by atoms with van der Waals surface area (Å²) in [6, 6.07) is 14.0. The Morgan fingerprint density at radius 2 is 1.78 bits per heavy atom. The molecule has 6 atom stereocenters. The number of rotatable bonds is 8. The molecule has 3 N–H and O–H groups in total. The van der Waals surface area contributed by atoms with Gasteiger partial charge in [-0.25, -0.2) is 0 Å². The molecule has 3 amide bonds. The van der Waals surface area contributed by atoms with E-state index < -0.39 is 29.8 Å².